The van der Waals surface area contributed by atoms with Gasteiger partial charge in [0.25, 0.3) is 0 Å². The third-order valence-electron chi connectivity index (χ3n) is 6.36. The Morgan fingerprint density at radius 2 is 1.14 bits per heavy atom. The molecule has 4 heteroatoms. The second kappa shape index (κ2) is 11.1. The van der Waals surface area contributed by atoms with E-state index in [9.17, 15) is 4.79 Å². The van der Waals surface area contributed by atoms with Crippen molar-refractivity contribution in [1.82, 2.24) is 4.90 Å². The maximum Gasteiger partial charge on any atom is 0.324 e. The Bertz CT molecular complexity index is 1270. The van der Waals surface area contributed by atoms with Gasteiger partial charge in [0.2, 0.25) is 5.88 Å². The van der Waals surface area contributed by atoms with E-state index in [1.807, 2.05) is 126 Å². The number of hydrogen-bond acceptors (Lipinski definition) is 3. The van der Waals surface area contributed by atoms with Crippen LogP contribution in [0, 0.1) is 0 Å². The molecule has 4 aromatic carbocycles. The molecule has 0 spiro atoms. The van der Waals surface area contributed by atoms with Crippen LogP contribution in [0.3, 0.4) is 0 Å². The van der Waals surface area contributed by atoms with Crippen LogP contribution in [-0.4, -0.2) is 22.4 Å². The van der Waals surface area contributed by atoms with E-state index in [2.05, 4.69) is 0 Å². The molecule has 5 rings (SSSR count). The Labute approximate surface area is 217 Å². The quantitative estimate of drug-likeness (QED) is 0.156. The van der Waals surface area contributed by atoms with Crippen LogP contribution in [0.4, 0.5) is 0 Å². The Morgan fingerprint density at radius 1 is 0.694 bits per heavy atom. The fourth-order valence-corrected chi connectivity index (χ4v) is 4.96. The number of benzene rings is 4. The fourth-order valence-electron chi connectivity index (χ4n) is 4.64. The molecule has 1 aliphatic heterocycles. The number of carbonyl (C=O) groups is 1. The molecule has 0 radical (unpaired) electrons. The van der Waals surface area contributed by atoms with Crippen molar-refractivity contribution in [1.29, 1.82) is 0 Å². The minimum atomic E-state index is -0.564. The first kappa shape index (κ1) is 23.7. The summed E-state index contributed by atoms with van der Waals surface area (Å²) in [7, 11) is 0. The van der Waals surface area contributed by atoms with E-state index in [4.69, 9.17) is 17.0 Å². The van der Waals surface area contributed by atoms with E-state index in [0.29, 0.717) is 12.4 Å². The number of hydrogen-bond donors (Lipinski definition) is 0. The van der Waals surface area contributed by atoms with Crippen molar-refractivity contribution in [2.45, 2.75) is 18.8 Å². The van der Waals surface area contributed by atoms with Crippen LogP contribution in [0.25, 0.3) is 5.57 Å². The number of thiocarbonyl (C=S) groups is 1. The van der Waals surface area contributed by atoms with Gasteiger partial charge in [0.1, 0.15) is 5.92 Å². The van der Waals surface area contributed by atoms with Crippen molar-refractivity contribution in [3.63, 3.8) is 0 Å². The smallest absolute Gasteiger partial charge is 0.324 e. The average Bonchev–Trinajstić information content (AvgIpc) is 3.36. The normalized spacial score (nSPS) is 13.0. The van der Waals surface area contributed by atoms with Gasteiger partial charge >= 0.3 is 5.97 Å². The Morgan fingerprint density at radius 3 is 1.56 bits per heavy atom. The maximum absolute atomic E-state index is 14.1. The summed E-state index contributed by atoms with van der Waals surface area (Å²) in [6.45, 7) is 0.714. The summed E-state index contributed by atoms with van der Waals surface area (Å²) in [6, 6.07) is 39.7. The third-order valence-corrected chi connectivity index (χ3v) is 6.78. The zero-order valence-electron chi connectivity index (χ0n) is 19.9. The van der Waals surface area contributed by atoms with Crippen LogP contribution in [0.2, 0.25) is 0 Å². The highest BCUT2D eigenvalue weighted by Gasteiger charge is 2.32. The highest BCUT2D eigenvalue weighted by atomic mass is 32.1. The summed E-state index contributed by atoms with van der Waals surface area (Å²) < 4.78 is 6.43. The molecule has 178 valence electrons. The molecule has 0 unspecified atom stereocenters. The number of nitrogens with zero attached hydrogens (tertiary/aromatic N) is 1. The van der Waals surface area contributed by atoms with Crippen molar-refractivity contribution < 1.29 is 9.53 Å². The van der Waals surface area contributed by atoms with Crippen LogP contribution in [0.15, 0.2) is 127 Å². The molecule has 0 atom stereocenters. The lowest BCUT2D eigenvalue weighted by molar-refractivity contribution is -0.141. The second-order valence-corrected chi connectivity index (χ2v) is 9.21. The second-order valence-electron chi connectivity index (χ2n) is 8.74. The van der Waals surface area contributed by atoms with Crippen LogP contribution in [-0.2, 0) is 9.53 Å². The first-order chi connectivity index (χ1) is 17.7. The van der Waals surface area contributed by atoms with Crippen LogP contribution in [0.1, 0.15) is 41.0 Å². The van der Waals surface area contributed by atoms with Gasteiger partial charge < -0.3 is 9.64 Å². The van der Waals surface area contributed by atoms with Gasteiger partial charge in [0, 0.05) is 18.5 Å². The topological polar surface area (TPSA) is 29.5 Å². The standard InChI is InChI=1S/C32H27NO2S/c34-32(30(26-18-9-3-10-19-26)27-20-11-4-12-21-27)35-31(33-23-13-22-28(33)36)29(24-14-5-1-6-15-24)25-16-7-2-8-17-25/h1-12,14-21,30H,13,22-23H2. The molecule has 0 aliphatic carbocycles. The third kappa shape index (κ3) is 5.14. The van der Waals surface area contributed by atoms with E-state index in [0.717, 1.165) is 45.7 Å². The van der Waals surface area contributed by atoms with Gasteiger partial charge in [-0.3, -0.25) is 4.79 Å². The molecule has 0 bridgehead atoms. The van der Waals surface area contributed by atoms with Crippen molar-refractivity contribution in [2.75, 3.05) is 6.54 Å². The summed E-state index contributed by atoms with van der Waals surface area (Å²) >= 11 is 5.74. The number of ether oxygens (including phenoxy) is 1. The van der Waals surface area contributed by atoms with E-state index in [1.165, 1.54) is 0 Å². The highest BCUT2D eigenvalue weighted by molar-refractivity contribution is 7.80. The van der Waals surface area contributed by atoms with Gasteiger partial charge in [0.05, 0.1) is 4.99 Å². The molecule has 1 aliphatic rings. The fraction of sp³-hybridized carbons (Fsp3) is 0.125. The molecule has 1 fully saturated rings. The molecule has 1 saturated heterocycles. The molecule has 36 heavy (non-hydrogen) atoms. The maximum atomic E-state index is 14.1. The molecular formula is C32H27NO2S. The molecule has 4 aromatic rings. The molecule has 1 heterocycles. The van der Waals surface area contributed by atoms with E-state index >= 15 is 0 Å². The molecule has 0 aromatic heterocycles. The molecule has 0 N–H and O–H groups in total. The molecule has 3 nitrogen and oxygen atoms in total. The van der Waals surface area contributed by atoms with E-state index in [1.54, 1.807) is 0 Å². The van der Waals surface area contributed by atoms with Crippen LogP contribution in [0.5, 0.6) is 0 Å². The number of esters is 1. The Hall–Kier alpha value is -4.02. The largest absolute Gasteiger partial charge is 0.408 e. The molecular weight excluding hydrogens is 462 g/mol. The van der Waals surface area contributed by atoms with Gasteiger partial charge in [-0.25, -0.2) is 0 Å². The summed E-state index contributed by atoms with van der Waals surface area (Å²) in [5.41, 5.74) is 4.57. The summed E-state index contributed by atoms with van der Waals surface area (Å²) in [6.07, 6.45) is 1.73. The number of likely N-dealkylation sites (tertiary alicyclic amines) is 1. The lowest BCUT2D eigenvalue weighted by Gasteiger charge is -2.27. The molecule has 0 saturated carbocycles. The summed E-state index contributed by atoms with van der Waals surface area (Å²) in [4.78, 5) is 16.8. The summed E-state index contributed by atoms with van der Waals surface area (Å²) in [5, 5.41) is 0. The lowest BCUT2D eigenvalue weighted by Crippen LogP contribution is -2.29. The Balaban J connectivity index is 1.66. The van der Waals surface area contributed by atoms with E-state index < -0.39 is 5.92 Å². The predicted molar refractivity (Wildman–Crippen MR) is 148 cm³/mol. The van der Waals surface area contributed by atoms with Gasteiger partial charge in [-0.05, 0) is 28.7 Å². The van der Waals surface area contributed by atoms with Crippen molar-refractivity contribution in [3.8, 4) is 0 Å². The first-order valence-corrected chi connectivity index (χ1v) is 12.6. The monoisotopic (exact) mass is 489 g/mol. The predicted octanol–water partition coefficient (Wildman–Crippen LogP) is 7.20. The number of rotatable bonds is 7. The number of carbonyl (C=O) groups excluding carboxylic acids is 1. The van der Waals surface area contributed by atoms with Crippen molar-refractivity contribution >= 4 is 28.7 Å². The Kier molecular flexibility index (Phi) is 7.34. The summed E-state index contributed by atoms with van der Waals surface area (Å²) in [5.74, 6) is -0.399. The van der Waals surface area contributed by atoms with Crippen LogP contribution < -0.4 is 0 Å². The zero-order valence-corrected chi connectivity index (χ0v) is 20.7. The van der Waals surface area contributed by atoms with Gasteiger partial charge in [0.15, 0.2) is 0 Å². The van der Waals surface area contributed by atoms with Gasteiger partial charge in [-0.15, -0.1) is 0 Å². The van der Waals surface area contributed by atoms with Crippen LogP contribution >= 0.6 is 12.2 Å². The average molecular weight is 490 g/mol. The van der Waals surface area contributed by atoms with Crippen molar-refractivity contribution in [2.24, 2.45) is 0 Å². The SMILES string of the molecule is O=C(OC(=C(c1ccccc1)c1ccccc1)N1CCCC1=S)C(c1ccccc1)c1ccccc1. The highest BCUT2D eigenvalue weighted by Crippen LogP contribution is 2.34. The first-order valence-electron chi connectivity index (χ1n) is 12.2. The zero-order chi connectivity index (χ0) is 24.7. The minimum absolute atomic E-state index is 0.332. The van der Waals surface area contributed by atoms with Gasteiger partial charge in [-0.2, -0.15) is 0 Å². The molecule has 0 amide bonds. The van der Waals surface area contributed by atoms with E-state index in [-0.39, 0.29) is 5.97 Å². The van der Waals surface area contributed by atoms with Crippen molar-refractivity contribution in [3.05, 3.63) is 149 Å². The lowest BCUT2D eigenvalue weighted by atomic mass is 9.91. The van der Waals surface area contributed by atoms with Gasteiger partial charge in [-0.1, -0.05) is 134 Å². The minimum Gasteiger partial charge on any atom is -0.408 e.